The van der Waals surface area contributed by atoms with Crippen molar-refractivity contribution in [3.05, 3.63) is 53.6 Å². The summed E-state index contributed by atoms with van der Waals surface area (Å²) in [5.74, 6) is -0.730. The molecule has 0 saturated carbocycles. The van der Waals surface area contributed by atoms with Crippen molar-refractivity contribution < 1.29 is 23.1 Å². The Morgan fingerprint density at radius 1 is 1.13 bits per heavy atom. The molecular weight excluding hydrogens is 342 g/mol. The second-order valence-corrected chi connectivity index (χ2v) is 6.86. The number of carbonyl (C=O) groups is 1. The molecule has 0 aliphatic carbocycles. The fourth-order valence-corrected chi connectivity index (χ4v) is 3.46. The van der Waals surface area contributed by atoms with Crippen LogP contribution in [0.1, 0.15) is 0 Å². The van der Waals surface area contributed by atoms with Gasteiger partial charge in [-0.25, -0.2) is 8.42 Å². The van der Waals surface area contributed by atoms with E-state index in [9.17, 15) is 13.2 Å². The molecule has 0 atom stereocenters. The van der Waals surface area contributed by atoms with Crippen LogP contribution in [-0.4, -0.2) is 33.1 Å². The smallest absolute Gasteiger partial charge is 0.324 e. The highest BCUT2D eigenvalue weighted by Crippen LogP contribution is 2.26. The minimum Gasteiger partial charge on any atom is -0.497 e. The molecule has 2 aromatic rings. The highest BCUT2D eigenvalue weighted by atomic mass is 35.5. The fourth-order valence-electron chi connectivity index (χ4n) is 1.92. The first-order valence-corrected chi connectivity index (χ1v) is 8.30. The van der Waals surface area contributed by atoms with Gasteiger partial charge in [0.25, 0.3) is 10.0 Å². The van der Waals surface area contributed by atoms with Gasteiger partial charge < -0.3 is 9.84 Å². The predicted molar refractivity (Wildman–Crippen MR) is 86.6 cm³/mol. The zero-order valence-electron chi connectivity index (χ0n) is 12.1. The predicted octanol–water partition coefficient (Wildman–Crippen LogP) is 2.63. The quantitative estimate of drug-likeness (QED) is 0.861. The SMILES string of the molecule is COc1ccc(N(CC(=O)O)S(=O)(=O)c2ccc(Cl)cc2)cc1. The summed E-state index contributed by atoms with van der Waals surface area (Å²) in [5, 5.41) is 9.44. The first-order valence-electron chi connectivity index (χ1n) is 6.49. The normalized spacial score (nSPS) is 11.0. The molecule has 0 aliphatic rings. The molecular formula is C15H14ClNO5S. The second-order valence-electron chi connectivity index (χ2n) is 4.56. The summed E-state index contributed by atoms with van der Waals surface area (Å²) in [6.07, 6.45) is 0. The molecule has 0 heterocycles. The van der Waals surface area contributed by atoms with Crippen molar-refractivity contribution in [3.8, 4) is 5.75 Å². The third kappa shape index (κ3) is 3.94. The lowest BCUT2D eigenvalue weighted by atomic mass is 10.3. The number of hydrogen-bond acceptors (Lipinski definition) is 4. The molecule has 0 unspecified atom stereocenters. The maximum Gasteiger partial charge on any atom is 0.324 e. The highest BCUT2D eigenvalue weighted by Gasteiger charge is 2.27. The average Bonchev–Trinajstić information content (AvgIpc) is 2.53. The molecule has 2 rings (SSSR count). The van der Waals surface area contributed by atoms with Gasteiger partial charge in [-0.15, -0.1) is 0 Å². The number of nitrogens with zero attached hydrogens (tertiary/aromatic N) is 1. The Morgan fingerprint density at radius 2 is 1.70 bits per heavy atom. The van der Waals surface area contributed by atoms with E-state index in [1.54, 1.807) is 12.1 Å². The minimum atomic E-state index is -4.03. The van der Waals surface area contributed by atoms with Crippen LogP contribution in [0, 0.1) is 0 Å². The van der Waals surface area contributed by atoms with Crippen LogP contribution >= 0.6 is 11.6 Å². The molecule has 0 amide bonds. The molecule has 8 heteroatoms. The number of hydrogen-bond donors (Lipinski definition) is 1. The highest BCUT2D eigenvalue weighted by molar-refractivity contribution is 7.92. The van der Waals surface area contributed by atoms with Crippen molar-refractivity contribution in [3.63, 3.8) is 0 Å². The molecule has 6 nitrogen and oxygen atoms in total. The number of carboxylic acids is 1. The van der Waals surface area contributed by atoms with Crippen molar-refractivity contribution in [2.45, 2.75) is 4.90 Å². The number of benzene rings is 2. The van der Waals surface area contributed by atoms with Crippen LogP contribution in [0.4, 0.5) is 5.69 Å². The molecule has 0 fully saturated rings. The van der Waals surface area contributed by atoms with Crippen LogP contribution in [-0.2, 0) is 14.8 Å². The van der Waals surface area contributed by atoms with E-state index in [-0.39, 0.29) is 10.6 Å². The Labute approximate surface area is 138 Å². The molecule has 2 aromatic carbocycles. The molecule has 1 N–H and O–H groups in total. The summed E-state index contributed by atoms with van der Waals surface area (Å²) in [6.45, 7) is -0.697. The minimum absolute atomic E-state index is 0.0426. The average molecular weight is 356 g/mol. The van der Waals surface area contributed by atoms with Gasteiger partial charge in [0.1, 0.15) is 12.3 Å². The van der Waals surface area contributed by atoms with Crippen LogP contribution in [0.5, 0.6) is 5.75 Å². The molecule has 122 valence electrons. The molecule has 0 bridgehead atoms. The summed E-state index contributed by atoms with van der Waals surface area (Å²) in [4.78, 5) is 11.0. The number of aliphatic carboxylic acids is 1. The Balaban J connectivity index is 2.48. The van der Waals surface area contributed by atoms with Gasteiger partial charge in [-0.05, 0) is 48.5 Å². The number of anilines is 1. The summed E-state index contributed by atoms with van der Waals surface area (Å²) in [5.41, 5.74) is 0.225. The van der Waals surface area contributed by atoms with E-state index in [0.29, 0.717) is 10.8 Å². The molecule has 0 radical (unpaired) electrons. The van der Waals surface area contributed by atoms with Crippen molar-refractivity contribution >= 4 is 33.3 Å². The van der Waals surface area contributed by atoms with Crippen molar-refractivity contribution in [2.75, 3.05) is 18.0 Å². The first-order chi connectivity index (χ1) is 10.8. The van der Waals surface area contributed by atoms with E-state index in [1.807, 2.05) is 0 Å². The Kier molecular flexibility index (Phi) is 5.12. The largest absolute Gasteiger partial charge is 0.497 e. The Hall–Kier alpha value is -2.25. The zero-order chi connectivity index (χ0) is 17.0. The fraction of sp³-hybridized carbons (Fsp3) is 0.133. The lowest BCUT2D eigenvalue weighted by Crippen LogP contribution is -2.35. The maximum atomic E-state index is 12.7. The monoisotopic (exact) mass is 355 g/mol. The van der Waals surface area contributed by atoms with E-state index in [1.165, 1.54) is 43.5 Å². The van der Waals surface area contributed by atoms with E-state index < -0.39 is 22.5 Å². The van der Waals surface area contributed by atoms with Crippen LogP contribution in [0.25, 0.3) is 0 Å². The van der Waals surface area contributed by atoms with E-state index in [4.69, 9.17) is 21.4 Å². The number of sulfonamides is 1. The van der Waals surface area contributed by atoms with Gasteiger partial charge in [0.2, 0.25) is 0 Å². The molecule has 0 saturated heterocycles. The van der Waals surface area contributed by atoms with Crippen LogP contribution in [0.2, 0.25) is 5.02 Å². The number of halogens is 1. The molecule has 23 heavy (non-hydrogen) atoms. The van der Waals surface area contributed by atoms with Gasteiger partial charge in [-0.2, -0.15) is 0 Å². The van der Waals surface area contributed by atoms with Gasteiger partial charge in [-0.1, -0.05) is 11.6 Å². The van der Waals surface area contributed by atoms with E-state index in [0.717, 1.165) is 4.31 Å². The van der Waals surface area contributed by atoms with Crippen LogP contribution in [0.3, 0.4) is 0 Å². The summed E-state index contributed by atoms with van der Waals surface area (Å²) in [7, 11) is -2.55. The van der Waals surface area contributed by atoms with Crippen molar-refractivity contribution in [2.24, 2.45) is 0 Å². The van der Waals surface area contributed by atoms with Gasteiger partial charge in [0.15, 0.2) is 0 Å². The van der Waals surface area contributed by atoms with Gasteiger partial charge in [-0.3, -0.25) is 9.10 Å². The third-order valence-electron chi connectivity index (χ3n) is 3.04. The van der Waals surface area contributed by atoms with Crippen LogP contribution < -0.4 is 9.04 Å². The molecule has 0 spiro atoms. The Bertz CT molecular complexity index is 788. The van der Waals surface area contributed by atoms with Gasteiger partial charge in [0.05, 0.1) is 17.7 Å². The summed E-state index contributed by atoms with van der Waals surface area (Å²) < 4.78 is 31.3. The second kappa shape index (κ2) is 6.89. The lowest BCUT2D eigenvalue weighted by molar-refractivity contribution is -0.135. The lowest BCUT2D eigenvalue weighted by Gasteiger charge is -2.23. The number of methoxy groups -OCH3 is 1. The van der Waals surface area contributed by atoms with E-state index in [2.05, 4.69) is 0 Å². The van der Waals surface area contributed by atoms with Gasteiger partial charge >= 0.3 is 5.97 Å². The number of carboxylic acid groups (broad SMARTS) is 1. The van der Waals surface area contributed by atoms with Gasteiger partial charge in [0, 0.05) is 5.02 Å². The van der Waals surface area contributed by atoms with Crippen molar-refractivity contribution in [1.29, 1.82) is 0 Å². The topological polar surface area (TPSA) is 83.9 Å². The summed E-state index contributed by atoms with van der Waals surface area (Å²) >= 11 is 5.76. The number of ether oxygens (including phenoxy) is 1. The molecule has 0 aromatic heterocycles. The van der Waals surface area contributed by atoms with E-state index >= 15 is 0 Å². The maximum absolute atomic E-state index is 12.7. The summed E-state index contributed by atoms with van der Waals surface area (Å²) in [6, 6.07) is 11.6. The third-order valence-corrected chi connectivity index (χ3v) is 5.08. The molecule has 0 aliphatic heterocycles. The van der Waals surface area contributed by atoms with Crippen molar-refractivity contribution in [1.82, 2.24) is 0 Å². The zero-order valence-corrected chi connectivity index (χ0v) is 13.7. The number of rotatable bonds is 6. The Morgan fingerprint density at radius 3 is 2.17 bits per heavy atom. The van der Waals surface area contributed by atoms with Crippen LogP contribution in [0.15, 0.2) is 53.4 Å². The first kappa shape index (κ1) is 17.1. The standard InChI is InChI=1S/C15H14ClNO5S/c1-22-13-6-4-12(5-7-13)17(10-15(18)19)23(20,21)14-8-2-11(16)3-9-14/h2-9H,10H2,1H3,(H,18,19).